The van der Waals surface area contributed by atoms with Crippen LogP contribution in [0.15, 0.2) is 36.5 Å². The first-order valence-corrected chi connectivity index (χ1v) is 9.37. The summed E-state index contributed by atoms with van der Waals surface area (Å²) in [7, 11) is -2.92. The Labute approximate surface area is 135 Å². The van der Waals surface area contributed by atoms with Crippen molar-refractivity contribution in [3.05, 3.63) is 47.8 Å². The number of sulfone groups is 1. The van der Waals surface area contributed by atoms with Gasteiger partial charge in [-0.25, -0.2) is 13.1 Å². The van der Waals surface area contributed by atoms with Crippen LogP contribution < -0.4 is 5.32 Å². The average molecular weight is 333 g/mol. The number of rotatable bonds is 4. The lowest BCUT2D eigenvalue weighted by molar-refractivity contribution is 0.0948. The van der Waals surface area contributed by atoms with E-state index in [0.717, 1.165) is 11.4 Å². The summed E-state index contributed by atoms with van der Waals surface area (Å²) >= 11 is 0. The molecule has 6 nitrogen and oxygen atoms in total. The van der Waals surface area contributed by atoms with Crippen molar-refractivity contribution < 1.29 is 13.2 Å². The van der Waals surface area contributed by atoms with Crippen molar-refractivity contribution in [2.45, 2.75) is 13.3 Å². The van der Waals surface area contributed by atoms with Gasteiger partial charge in [0.05, 0.1) is 34.6 Å². The maximum absolute atomic E-state index is 12.3. The number of aromatic nitrogens is 2. The third kappa shape index (κ3) is 3.44. The largest absolute Gasteiger partial charge is 0.352 e. The van der Waals surface area contributed by atoms with Gasteiger partial charge in [0, 0.05) is 6.54 Å². The van der Waals surface area contributed by atoms with Crippen molar-refractivity contribution in [1.82, 2.24) is 15.1 Å². The van der Waals surface area contributed by atoms with Crippen LogP contribution in [0.4, 0.5) is 0 Å². The normalized spacial score (nSPS) is 19.6. The quantitative estimate of drug-likeness (QED) is 0.916. The van der Waals surface area contributed by atoms with E-state index in [2.05, 4.69) is 10.4 Å². The molecule has 7 heteroatoms. The first kappa shape index (κ1) is 15.7. The molecule has 2 aromatic rings. The highest BCUT2D eigenvalue weighted by Crippen LogP contribution is 2.18. The summed E-state index contributed by atoms with van der Waals surface area (Å²) in [5.74, 6) is 0.177. The SMILES string of the molecule is Cc1c(C(=O)NCC2CCS(=O)(=O)C2)cnn1-c1ccccc1. The summed E-state index contributed by atoms with van der Waals surface area (Å²) in [5, 5.41) is 7.10. The van der Waals surface area contributed by atoms with Crippen molar-refractivity contribution >= 4 is 15.7 Å². The van der Waals surface area contributed by atoms with Crippen LogP contribution in [0.5, 0.6) is 0 Å². The molecule has 1 saturated heterocycles. The van der Waals surface area contributed by atoms with Gasteiger partial charge in [-0.05, 0) is 31.4 Å². The molecule has 0 saturated carbocycles. The fraction of sp³-hybridized carbons (Fsp3) is 0.375. The number of nitrogens with zero attached hydrogens (tertiary/aromatic N) is 2. The summed E-state index contributed by atoms with van der Waals surface area (Å²) in [6, 6.07) is 9.59. The molecule has 1 atom stereocenters. The van der Waals surface area contributed by atoms with E-state index in [1.165, 1.54) is 0 Å². The molecule has 1 aliphatic rings. The third-order valence-electron chi connectivity index (χ3n) is 4.13. The van der Waals surface area contributed by atoms with Gasteiger partial charge in [0.2, 0.25) is 0 Å². The summed E-state index contributed by atoms with van der Waals surface area (Å²) < 4.78 is 24.6. The number of carbonyl (C=O) groups excluding carboxylic acids is 1. The second-order valence-corrected chi connectivity index (χ2v) is 8.10. The molecular weight excluding hydrogens is 314 g/mol. The number of amides is 1. The van der Waals surface area contributed by atoms with E-state index in [1.807, 2.05) is 37.3 Å². The maximum Gasteiger partial charge on any atom is 0.254 e. The molecular formula is C16H19N3O3S. The van der Waals surface area contributed by atoms with Gasteiger partial charge >= 0.3 is 0 Å². The molecule has 1 aliphatic heterocycles. The van der Waals surface area contributed by atoms with Gasteiger partial charge in [-0.2, -0.15) is 5.10 Å². The minimum Gasteiger partial charge on any atom is -0.352 e. The van der Waals surface area contributed by atoms with Gasteiger partial charge in [-0.3, -0.25) is 4.79 Å². The number of hydrogen-bond donors (Lipinski definition) is 1. The standard InChI is InChI=1S/C16H19N3O3S/c1-12-15(10-18-19(12)14-5-3-2-4-6-14)16(20)17-9-13-7-8-23(21,22)11-13/h2-6,10,13H,7-9,11H2,1H3,(H,17,20). The zero-order valence-electron chi connectivity index (χ0n) is 12.9. The van der Waals surface area contributed by atoms with Gasteiger partial charge in [0.15, 0.2) is 9.84 Å². The van der Waals surface area contributed by atoms with Crippen molar-refractivity contribution in [1.29, 1.82) is 0 Å². The van der Waals surface area contributed by atoms with E-state index in [9.17, 15) is 13.2 Å². The van der Waals surface area contributed by atoms with Crippen molar-refractivity contribution in [3.63, 3.8) is 0 Å². The van der Waals surface area contributed by atoms with E-state index in [0.29, 0.717) is 18.5 Å². The molecule has 3 rings (SSSR count). The molecule has 1 aromatic heterocycles. The molecule has 0 bridgehead atoms. The lowest BCUT2D eigenvalue weighted by atomic mass is 10.1. The van der Waals surface area contributed by atoms with Crippen LogP contribution in [0.2, 0.25) is 0 Å². The molecule has 0 aliphatic carbocycles. The van der Waals surface area contributed by atoms with Crippen molar-refractivity contribution in [3.8, 4) is 5.69 Å². The minimum atomic E-state index is -2.92. The molecule has 1 N–H and O–H groups in total. The number of hydrogen-bond acceptors (Lipinski definition) is 4. The first-order valence-electron chi connectivity index (χ1n) is 7.55. The van der Waals surface area contributed by atoms with Crippen LogP contribution in [0.3, 0.4) is 0 Å². The Kier molecular flexibility index (Phi) is 4.21. The Hall–Kier alpha value is -2.15. The molecule has 122 valence electrons. The lowest BCUT2D eigenvalue weighted by Gasteiger charge is -2.09. The number of para-hydroxylation sites is 1. The highest BCUT2D eigenvalue weighted by atomic mass is 32.2. The first-order chi connectivity index (χ1) is 11.0. The van der Waals surface area contributed by atoms with Gasteiger partial charge in [0.25, 0.3) is 5.91 Å². The lowest BCUT2D eigenvalue weighted by Crippen LogP contribution is -2.30. The number of carbonyl (C=O) groups is 1. The molecule has 1 amide bonds. The minimum absolute atomic E-state index is 0.00780. The monoisotopic (exact) mass is 333 g/mol. The second kappa shape index (κ2) is 6.16. The van der Waals surface area contributed by atoms with E-state index in [1.54, 1.807) is 10.9 Å². The third-order valence-corrected chi connectivity index (χ3v) is 5.97. The van der Waals surface area contributed by atoms with Gasteiger partial charge in [0.1, 0.15) is 0 Å². The Bertz CT molecular complexity index is 812. The van der Waals surface area contributed by atoms with Crippen LogP contribution >= 0.6 is 0 Å². The predicted octanol–water partition coefficient (Wildman–Crippen LogP) is 1.35. The predicted molar refractivity (Wildman–Crippen MR) is 87.4 cm³/mol. The van der Waals surface area contributed by atoms with E-state index in [-0.39, 0.29) is 23.3 Å². The summed E-state index contributed by atoms with van der Waals surface area (Å²) in [5.41, 5.74) is 2.16. The van der Waals surface area contributed by atoms with Gasteiger partial charge in [-0.1, -0.05) is 18.2 Å². The smallest absolute Gasteiger partial charge is 0.254 e. The Balaban J connectivity index is 1.68. The topological polar surface area (TPSA) is 81.1 Å². The molecule has 0 spiro atoms. The Morgan fingerprint density at radius 1 is 1.35 bits per heavy atom. The Morgan fingerprint density at radius 3 is 2.74 bits per heavy atom. The van der Waals surface area contributed by atoms with E-state index >= 15 is 0 Å². The van der Waals surface area contributed by atoms with Crippen LogP contribution in [0, 0.1) is 12.8 Å². The van der Waals surface area contributed by atoms with Crippen molar-refractivity contribution in [2.75, 3.05) is 18.1 Å². The van der Waals surface area contributed by atoms with Crippen LogP contribution in [-0.4, -0.2) is 42.2 Å². The zero-order chi connectivity index (χ0) is 16.4. The molecule has 23 heavy (non-hydrogen) atoms. The fourth-order valence-corrected chi connectivity index (χ4v) is 4.69. The van der Waals surface area contributed by atoms with E-state index in [4.69, 9.17) is 0 Å². The molecule has 2 heterocycles. The Morgan fingerprint density at radius 2 is 2.09 bits per heavy atom. The summed E-state index contributed by atoms with van der Waals surface area (Å²) in [6.45, 7) is 2.23. The highest BCUT2D eigenvalue weighted by molar-refractivity contribution is 7.91. The van der Waals surface area contributed by atoms with Crippen LogP contribution in [0.25, 0.3) is 5.69 Å². The van der Waals surface area contributed by atoms with Crippen LogP contribution in [0.1, 0.15) is 22.5 Å². The number of benzene rings is 1. The molecule has 1 unspecified atom stereocenters. The zero-order valence-corrected chi connectivity index (χ0v) is 13.7. The molecule has 1 aromatic carbocycles. The number of nitrogens with one attached hydrogen (secondary N) is 1. The van der Waals surface area contributed by atoms with E-state index < -0.39 is 9.84 Å². The second-order valence-electron chi connectivity index (χ2n) is 5.87. The fourth-order valence-electron chi connectivity index (χ4n) is 2.83. The summed E-state index contributed by atoms with van der Waals surface area (Å²) in [4.78, 5) is 12.3. The van der Waals surface area contributed by atoms with Gasteiger partial charge in [-0.15, -0.1) is 0 Å². The van der Waals surface area contributed by atoms with Crippen molar-refractivity contribution in [2.24, 2.45) is 5.92 Å². The molecule has 1 fully saturated rings. The highest BCUT2D eigenvalue weighted by Gasteiger charge is 2.28. The summed E-state index contributed by atoms with van der Waals surface area (Å²) in [6.07, 6.45) is 2.16. The van der Waals surface area contributed by atoms with Gasteiger partial charge < -0.3 is 5.32 Å². The average Bonchev–Trinajstić information content (AvgIpc) is 3.08. The maximum atomic E-state index is 12.3. The molecule has 0 radical (unpaired) electrons. The van der Waals surface area contributed by atoms with Crippen LogP contribution in [-0.2, 0) is 9.84 Å².